The van der Waals surface area contributed by atoms with Crippen molar-refractivity contribution in [2.24, 2.45) is 5.41 Å². The van der Waals surface area contributed by atoms with Crippen molar-refractivity contribution in [2.75, 3.05) is 0 Å². The minimum absolute atomic E-state index is 0. The van der Waals surface area contributed by atoms with E-state index in [0.29, 0.717) is 0 Å². The fraction of sp³-hybridized carbons (Fsp3) is 1.00. The summed E-state index contributed by atoms with van der Waals surface area (Å²) in [5, 5.41) is 0. The summed E-state index contributed by atoms with van der Waals surface area (Å²) < 4.78 is 36.0. The van der Waals surface area contributed by atoms with Gasteiger partial charge in [0.05, 0.1) is 0 Å². The third-order valence-electron chi connectivity index (χ3n) is 2.53. The van der Waals surface area contributed by atoms with Crippen LogP contribution in [0.25, 0.3) is 0 Å². The first-order valence-electron chi connectivity index (χ1n) is 4.12. The van der Waals surface area contributed by atoms with Crippen molar-refractivity contribution in [2.45, 2.75) is 38.9 Å². The molecule has 0 aromatic carbocycles. The molecule has 1 aliphatic carbocycles. The van der Waals surface area contributed by atoms with Crippen LogP contribution in [0.3, 0.4) is 0 Å². The second-order valence-corrected chi connectivity index (χ2v) is 3.93. The Morgan fingerprint density at radius 2 is 1.58 bits per heavy atom. The number of halogens is 3. The van der Waals surface area contributed by atoms with Crippen molar-refractivity contribution in [3.8, 4) is 0 Å². The van der Waals surface area contributed by atoms with E-state index in [1.807, 2.05) is 0 Å². The van der Waals surface area contributed by atoms with Gasteiger partial charge in [-0.1, -0.05) is 44.3 Å². The molecular formula is C7H13BF3K. The van der Waals surface area contributed by atoms with Crippen LogP contribution in [0.2, 0.25) is 6.32 Å². The molecule has 0 amide bonds. The summed E-state index contributed by atoms with van der Waals surface area (Å²) in [4.78, 5) is 0. The second kappa shape index (κ2) is 4.82. The molecule has 1 saturated carbocycles. The van der Waals surface area contributed by atoms with Gasteiger partial charge in [0.1, 0.15) is 0 Å². The van der Waals surface area contributed by atoms with E-state index in [1.54, 1.807) is 6.92 Å². The van der Waals surface area contributed by atoms with Crippen LogP contribution in [-0.2, 0) is 0 Å². The Morgan fingerprint density at radius 3 is 1.92 bits per heavy atom. The van der Waals surface area contributed by atoms with Crippen molar-refractivity contribution in [1.82, 2.24) is 0 Å². The van der Waals surface area contributed by atoms with E-state index in [4.69, 9.17) is 0 Å². The third kappa shape index (κ3) is 4.65. The van der Waals surface area contributed by atoms with Crippen LogP contribution in [0, 0.1) is 5.41 Å². The average Bonchev–Trinajstić information content (AvgIpc) is 2.09. The van der Waals surface area contributed by atoms with Crippen LogP contribution in [0.15, 0.2) is 0 Å². The Balaban J connectivity index is 0.00000121. The quantitative estimate of drug-likeness (QED) is 0.572. The van der Waals surface area contributed by atoms with Gasteiger partial charge in [-0.3, -0.25) is 0 Å². The van der Waals surface area contributed by atoms with Crippen LogP contribution in [0.1, 0.15) is 32.6 Å². The molecule has 0 radical (unpaired) electrons. The Hall–Kier alpha value is 1.49. The van der Waals surface area contributed by atoms with Gasteiger partial charge < -0.3 is 12.9 Å². The number of hydrogen-bond donors (Lipinski definition) is 0. The van der Waals surface area contributed by atoms with Crippen molar-refractivity contribution >= 4 is 6.98 Å². The molecule has 1 aliphatic rings. The molecule has 0 saturated heterocycles. The molecule has 0 aliphatic heterocycles. The van der Waals surface area contributed by atoms with Gasteiger partial charge in [0, 0.05) is 0 Å². The van der Waals surface area contributed by atoms with Crippen LogP contribution >= 0.6 is 0 Å². The predicted molar refractivity (Wildman–Crippen MR) is 40.5 cm³/mol. The van der Waals surface area contributed by atoms with Crippen LogP contribution < -0.4 is 51.4 Å². The first-order chi connectivity index (χ1) is 4.91. The number of rotatable bonds is 2. The molecule has 12 heavy (non-hydrogen) atoms. The fourth-order valence-electron chi connectivity index (χ4n) is 1.99. The van der Waals surface area contributed by atoms with Gasteiger partial charge >= 0.3 is 58.4 Å². The molecule has 1 fully saturated rings. The van der Waals surface area contributed by atoms with Crippen LogP contribution in [0.5, 0.6) is 0 Å². The minimum Gasteiger partial charge on any atom is -0.449 e. The summed E-state index contributed by atoms with van der Waals surface area (Å²) in [6.45, 7) is -2.81. The third-order valence-corrected chi connectivity index (χ3v) is 2.53. The monoisotopic (exact) mass is 204 g/mol. The smallest absolute Gasteiger partial charge is 0.449 e. The van der Waals surface area contributed by atoms with Crippen molar-refractivity contribution < 1.29 is 64.3 Å². The topological polar surface area (TPSA) is 0 Å². The van der Waals surface area contributed by atoms with Gasteiger partial charge in [-0.15, -0.1) is 0 Å². The molecule has 0 atom stereocenters. The molecule has 1 rings (SSSR count). The summed E-state index contributed by atoms with van der Waals surface area (Å²) in [6, 6.07) is 0. The first kappa shape index (κ1) is 13.5. The Kier molecular flexibility index (Phi) is 5.42. The van der Waals surface area contributed by atoms with E-state index in [2.05, 4.69) is 0 Å². The van der Waals surface area contributed by atoms with Crippen molar-refractivity contribution in [3.05, 3.63) is 0 Å². The maximum Gasteiger partial charge on any atom is 1.00 e. The van der Waals surface area contributed by atoms with Gasteiger partial charge in [-0.05, 0) is 0 Å². The zero-order valence-corrected chi connectivity index (χ0v) is 10.9. The molecule has 0 unspecified atom stereocenters. The van der Waals surface area contributed by atoms with Gasteiger partial charge in [0.15, 0.2) is 0 Å². The number of hydrogen-bond acceptors (Lipinski definition) is 0. The molecule has 0 bridgehead atoms. The zero-order chi connectivity index (χ0) is 8.54. The summed E-state index contributed by atoms with van der Waals surface area (Å²) in [5.41, 5.74) is -0.418. The van der Waals surface area contributed by atoms with E-state index >= 15 is 0 Å². The normalized spacial score (nSPS) is 22.0. The molecular weight excluding hydrogens is 191 g/mol. The molecule has 66 valence electrons. The maximum atomic E-state index is 12.0. The second-order valence-electron chi connectivity index (χ2n) is 3.93. The molecule has 0 spiro atoms. The Bertz CT molecular complexity index is 140. The Morgan fingerprint density at radius 1 is 1.17 bits per heavy atom. The SMILES string of the molecule is CC1(C[B-](F)(F)F)CCCC1.[K+]. The van der Waals surface area contributed by atoms with Gasteiger partial charge in [-0.2, -0.15) is 0 Å². The van der Waals surface area contributed by atoms with Crippen LogP contribution in [-0.4, -0.2) is 6.98 Å². The van der Waals surface area contributed by atoms with E-state index < -0.39 is 18.7 Å². The van der Waals surface area contributed by atoms with Gasteiger partial charge in [-0.25, -0.2) is 0 Å². The minimum atomic E-state index is -4.57. The van der Waals surface area contributed by atoms with Gasteiger partial charge in [0.2, 0.25) is 0 Å². The first-order valence-corrected chi connectivity index (χ1v) is 4.12. The van der Waals surface area contributed by atoms with Crippen LogP contribution in [0.4, 0.5) is 12.9 Å². The van der Waals surface area contributed by atoms with E-state index in [0.717, 1.165) is 25.7 Å². The van der Waals surface area contributed by atoms with Gasteiger partial charge in [0.25, 0.3) is 0 Å². The maximum absolute atomic E-state index is 12.0. The summed E-state index contributed by atoms with van der Waals surface area (Å²) in [6.07, 6.45) is 2.93. The largest absolute Gasteiger partial charge is 1.00 e. The molecule has 5 heteroatoms. The zero-order valence-electron chi connectivity index (χ0n) is 7.75. The van der Waals surface area contributed by atoms with Crippen molar-refractivity contribution in [3.63, 3.8) is 0 Å². The molecule has 0 nitrogen and oxygen atoms in total. The summed E-state index contributed by atoms with van der Waals surface area (Å²) in [7, 11) is 0. The molecule has 0 aromatic rings. The molecule has 0 aromatic heterocycles. The standard InChI is InChI=1S/C7H13BF3.K/c1-7(4-2-3-5-7)6-8(9,10)11;/h2-6H2,1H3;/q-1;+1. The predicted octanol–water partition coefficient (Wildman–Crippen LogP) is 0.418. The van der Waals surface area contributed by atoms with E-state index in [1.165, 1.54) is 0 Å². The fourth-order valence-corrected chi connectivity index (χ4v) is 1.99. The van der Waals surface area contributed by atoms with E-state index in [9.17, 15) is 12.9 Å². The van der Waals surface area contributed by atoms with Crippen molar-refractivity contribution in [1.29, 1.82) is 0 Å². The summed E-state index contributed by atoms with van der Waals surface area (Å²) in [5.74, 6) is 0. The Labute approximate surface area is 114 Å². The summed E-state index contributed by atoms with van der Waals surface area (Å²) >= 11 is 0. The molecule has 0 heterocycles. The van der Waals surface area contributed by atoms with E-state index in [-0.39, 0.29) is 51.4 Å². The average molecular weight is 204 g/mol. The molecule has 0 N–H and O–H groups in total.